The van der Waals surface area contributed by atoms with Gasteiger partial charge in [0, 0.05) is 6.54 Å². The van der Waals surface area contributed by atoms with Crippen molar-refractivity contribution in [2.24, 2.45) is 0 Å². The molecular weight excluding hydrogens is 270 g/mol. The molecule has 21 heavy (non-hydrogen) atoms. The minimum atomic E-state index is -0.524. The van der Waals surface area contributed by atoms with Crippen LogP contribution in [-0.4, -0.2) is 44.4 Å². The Bertz CT molecular complexity index is 571. The molecule has 0 bridgehead atoms. The Hall–Kier alpha value is -2.21. The number of fused-ring (bicyclic) bond motifs is 1. The van der Waals surface area contributed by atoms with Crippen molar-refractivity contribution in [1.29, 1.82) is 0 Å². The van der Waals surface area contributed by atoms with E-state index >= 15 is 0 Å². The number of rotatable bonds is 6. The third-order valence-electron chi connectivity index (χ3n) is 3.34. The number of nitrogens with zero attached hydrogens (tertiary/aromatic N) is 1. The zero-order chi connectivity index (χ0) is 15.4. The van der Waals surface area contributed by atoms with E-state index in [1.54, 1.807) is 24.3 Å². The number of quaternary nitrogens is 1. The first-order chi connectivity index (χ1) is 10.0. The van der Waals surface area contributed by atoms with Crippen LogP contribution in [0.2, 0.25) is 0 Å². The molecule has 1 aliphatic rings. The van der Waals surface area contributed by atoms with Gasteiger partial charge in [-0.2, -0.15) is 0 Å². The molecule has 2 amide bonds. The Morgan fingerprint density at radius 2 is 2.00 bits per heavy atom. The second kappa shape index (κ2) is 6.49. The van der Waals surface area contributed by atoms with Crippen LogP contribution in [0.3, 0.4) is 0 Å². The number of carbonyl (C=O) groups excluding carboxylic acids is 3. The second-order valence-electron chi connectivity index (χ2n) is 5.22. The number of para-hydroxylation sites is 1. The summed E-state index contributed by atoms with van der Waals surface area (Å²) in [7, 11) is 1.82. The van der Waals surface area contributed by atoms with Crippen molar-refractivity contribution in [3.63, 3.8) is 0 Å². The Morgan fingerprint density at radius 3 is 2.71 bits per heavy atom. The number of amides is 2. The molecule has 1 aromatic rings. The van der Waals surface area contributed by atoms with Gasteiger partial charge >= 0.3 is 5.91 Å². The van der Waals surface area contributed by atoms with Gasteiger partial charge in [0.05, 0.1) is 18.3 Å². The Morgan fingerprint density at radius 1 is 1.29 bits per heavy atom. The molecule has 0 aromatic heterocycles. The number of Topliss-reactive ketones (excluding diaryl/α,β-unsaturated/α-hetero) is 1. The summed E-state index contributed by atoms with van der Waals surface area (Å²) in [4.78, 5) is 37.9. The zero-order valence-corrected chi connectivity index (χ0v) is 12.3. The second-order valence-corrected chi connectivity index (χ2v) is 5.22. The monoisotopic (exact) mass is 290 g/mol. The molecule has 1 aliphatic heterocycles. The molecule has 0 radical (unpaired) electrons. The van der Waals surface area contributed by atoms with Gasteiger partial charge in [0.15, 0.2) is 13.2 Å². The summed E-state index contributed by atoms with van der Waals surface area (Å²) in [6.07, 6.45) is 0.886. The third kappa shape index (κ3) is 3.28. The van der Waals surface area contributed by atoms with Crippen molar-refractivity contribution < 1.29 is 19.3 Å². The lowest BCUT2D eigenvalue weighted by atomic mass is 10.1. The van der Waals surface area contributed by atoms with E-state index in [9.17, 15) is 14.4 Å². The summed E-state index contributed by atoms with van der Waals surface area (Å²) in [5, 5.41) is 2.80. The molecule has 6 heteroatoms. The van der Waals surface area contributed by atoms with Gasteiger partial charge in [-0.05, 0) is 18.6 Å². The first kappa shape index (κ1) is 15.2. The number of hydrogen-bond acceptors (Lipinski definition) is 3. The van der Waals surface area contributed by atoms with E-state index in [2.05, 4.69) is 5.32 Å². The van der Waals surface area contributed by atoms with Crippen LogP contribution in [0.15, 0.2) is 24.3 Å². The predicted octanol–water partition coefficient (Wildman–Crippen LogP) is -0.786. The molecule has 0 saturated carbocycles. The fourth-order valence-electron chi connectivity index (χ4n) is 2.33. The van der Waals surface area contributed by atoms with E-state index in [0.717, 1.165) is 11.3 Å². The van der Waals surface area contributed by atoms with Crippen LogP contribution in [0.1, 0.15) is 23.7 Å². The van der Waals surface area contributed by atoms with E-state index in [-0.39, 0.29) is 12.5 Å². The summed E-state index contributed by atoms with van der Waals surface area (Å²) < 4.78 is 0. The van der Waals surface area contributed by atoms with Crippen molar-refractivity contribution in [2.45, 2.75) is 13.3 Å². The highest BCUT2D eigenvalue weighted by Gasteiger charge is 2.37. The molecule has 0 aliphatic carbocycles. The van der Waals surface area contributed by atoms with Crippen molar-refractivity contribution in [3.8, 4) is 0 Å². The maximum Gasteiger partial charge on any atom is 0.303 e. The van der Waals surface area contributed by atoms with E-state index in [1.165, 1.54) is 4.90 Å². The van der Waals surface area contributed by atoms with Gasteiger partial charge in [-0.1, -0.05) is 19.1 Å². The normalized spacial score (nSPS) is 15.0. The molecular formula is C15H20N3O3+. The third-order valence-corrected chi connectivity index (χ3v) is 3.34. The molecule has 1 heterocycles. The smallest absolute Gasteiger partial charge is 0.303 e. The van der Waals surface area contributed by atoms with E-state index in [1.807, 2.05) is 14.0 Å². The van der Waals surface area contributed by atoms with Crippen molar-refractivity contribution in [3.05, 3.63) is 29.8 Å². The summed E-state index contributed by atoms with van der Waals surface area (Å²) in [6.45, 7) is 3.19. The molecule has 6 nitrogen and oxygen atoms in total. The number of nitrogens with one attached hydrogen (secondary N) is 2. The summed E-state index contributed by atoms with van der Waals surface area (Å²) >= 11 is 0. The van der Waals surface area contributed by atoms with Crippen LogP contribution in [0.5, 0.6) is 0 Å². The van der Waals surface area contributed by atoms with E-state index in [0.29, 0.717) is 24.5 Å². The number of benzene rings is 1. The van der Waals surface area contributed by atoms with Crippen LogP contribution >= 0.6 is 0 Å². The van der Waals surface area contributed by atoms with Crippen LogP contribution in [0.25, 0.3) is 0 Å². The van der Waals surface area contributed by atoms with Crippen molar-refractivity contribution in [2.75, 3.05) is 31.7 Å². The topological polar surface area (TPSA) is 70.9 Å². The van der Waals surface area contributed by atoms with E-state index < -0.39 is 11.7 Å². The summed E-state index contributed by atoms with van der Waals surface area (Å²) in [6, 6.07) is 6.94. The molecule has 0 fully saturated rings. The predicted molar refractivity (Wildman–Crippen MR) is 78.2 cm³/mol. The number of ketones is 1. The molecule has 0 spiro atoms. The average molecular weight is 290 g/mol. The maximum absolute atomic E-state index is 12.0. The quantitative estimate of drug-likeness (QED) is 0.675. The highest BCUT2D eigenvalue weighted by Crippen LogP contribution is 2.27. The lowest BCUT2D eigenvalue weighted by molar-refractivity contribution is -0.869. The fraction of sp³-hybridized carbons (Fsp3) is 0.400. The minimum Gasteiger partial charge on any atom is -0.351 e. The lowest BCUT2D eigenvalue weighted by Crippen LogP contribution is -3.12. The van der Waals surface area contributed by atoms with Crippen molar-refractivity contribution >= 4 is 23.3 Å². The Labute approximate surface area is 123 Å². The van der Waals surface area contributed by atoms with Gasteiger partial charge in [-0.25, -0.2) is 0 Å². The number of carbonyl (C=O) groups is 3. The van der Waals surface area contributed by atoms with Gasteiger partial charge in [-0.15, -0.1) is 0 Å². The van der Waals surface area contributed by atoms with E-state index in [4.69, 9.17) is 0 Å². The largest absolute Gasteiger partial charge is 0.351 e. The van der Waals surface area contributed by atoms with Gasteiger partial charge < -0.3 is 10.2 Å². The minimum absolute atomic E-state index is 0.0550. The van der Waals surface area contributed by atoms with Crippen molar-refractivity contribution in [1.82, 2.24) is 5.32 Å². The molecule has 2 rings (SSSR count). The zero-order valence-electron chi connectivity index (χ0n) is 12.3. The fourth-order valence-corrected chi connectivity index (χ4v) is 2.33. The van der Waals surface area contributed by atoms with Crippen LogP contribution in [-0.2, 0) is 9.59 Å². The van der Waals surface area contributed by atoms with Crippen LogP contribution in [0.4, 0.5) is 5.69 Å². The molecule has 1 unspecified atom stereocenters. The Balaban J connectivity index is 2.01. The first-order valence-corrected chi connectivity index (χ1v) is 7.07. The van der Waals surface area contributed by atoms with Crippen LogP contribution < -0.4 is 15.1 Å². The number of hydrogen-bond donors (Lipinski definition) is 2. The first-order valence-electron chi connectivity index (χ1n) is 7.07. The summed E-state index contributed by atoms with van der Waals surface area (Å²) in [5.74, 6) is -1.06. The number of likely N-dealkylation sites (N-methyl/N-ethyl adjacent to an activating group) is 1. The van der Waals surface area contributed by atoms with Gasteiger partial charge in [0.25, 0.3) is 11.7 Å². The maximum atomic E-state index is 12.0. The highest BCUT2D eigenvalue weighted by molar-refractivity contribution is 6.52. The summed E-state index contributed by atoms with van der Waals surface area (Å²) in [5.41, 5.74) is 1.06. The molecule has 2 N–H and O–H groups in total. The molecule has 0 saturated heterocycles. The molecule has 1 aromatic carbocycles. The van der Waals surface area contributed by atoms with Gasteiger partial charge in [-0.3, -0.25) is 19.3 Å². The molecule has 1 atom stereocenters. The Kier molecular flexibility index (Phi) is 4.70. The van der Waals surface area contributed by atoms with Crippen LogP contribution in [0, 0.1) is 0 Å². The highest BCUT2D eigenvalue weighted by atomic mass is 16.2. The van der Waals surface area contributed by atoms with Gasteiger partial charge in [0.1, 0.15) is 0 Å². The average Bonchev–Trinajstić information content (AvgIpc) is 2.71. The lowest BCUT2D eigenvalue weighted by Gasteiger charge is -2.21. The SMILES string of the molecule is CCCNC(=O)C[NH+](C)CN1C(=O)C(=O)c2ccccc21. The van der Waals surface area contributed by atoms with Gasteiger partial charge in [0.2, 0.25) is 0 Å². The standard InChI is InChI=1S/C15H19N3O3/c1-3-8-16-13(19)9-17(2)10-18-12-7-5-4-6-11(12)14(20)15(18)21/h4-7H,3,8-10H2,1-2H3,(H,16,19)/p+1. The molecule has 112 valence electrons. The number of anilines is 1.